The second-order valence-electron chi connectivity index (χ2n) is 6.10. The number of hydrogen-bond acceptors (Lipinski definition) is 4. The lowest BCUT2D eigenvalue weighted by molar-refractivity contribution is 0.799. The molecule has 0 radical (unpaired) electrons. The predicted molar refractivity (Wildman–Crippen MR) is 118 cm³/mol. The Morgan fingerprint density at radius 3 is 1.31 bits per heavy atom. The smallest absolute Gasteiger partial charge is 0.202 e. The van der Waals surface area contributed by atoms with Gasteiger partial charge in [0.2, 0.25) is 11.9 Å². The van der Waals surface area contributed by atoms with Gasteiger partial charge in [-0.05, 0) is 30.7 Å². The Labute approximate surface area is 169 Å². The third kappa shape index (κ3) is 6.54. The van der Waals surface area contributed by atoms with Gasteiger partial charge < -0.3 is 21.3 Å². The monoisotopic (exact) mass is 394 g/mol. The molecule has 0 aliphatic rings. The van der Waals surface area contributed by atoms with Crippen molar-refractivity contribution in [2.24, 2.45) is 11.5 Å². The Morgan fingerprint density at radius 2 is 1.00 bits per heavy atom. The van der Waals surface area contributed by atoms with Gasteiger partial charge in [-0.1, -0.05) is 36.4 Å². The van der Waals surface area contributed by atoms with Crippen molar-refractivity contribution < 1.29 is 0 Å². The van der Waals surface area contributed by atoms with E-state index in [-0.39, 0.29) is 23.8 Å². The first-order valence-electron chi connectivity index (χ1n) is 8.93. The minimum Gasteiger partial charge on any atom is -0.370 e. The maximum absolute atomic E-state index is 8.22. The fourth-order valence-corrected chi connectivity index (χ4v) is 2.73. The Kier molecular flexibility index (Phi) is 7.54. The van der Waals surface area contributed by atoms with Crippen LogP contribution in [0.1, 0.15) is 6.42 Å². The van der Waals surface area contributed by atoms with Gasteiger partial charge in [0.05, 0.1) is 0 Å². The quantitative estimate of drug-likeness (QED) is 0.269. The minimum absolute atomic E-state index is 0.00750. The van der Waals surface area contributed by atoms with E-state index in [0.717, 1.165) is 11.4 Å². The summed E-state index contributed by atoms with van der Waals surface area (Å²) in [7, 11) is 0. The average Bonchev–Trinajstić information content (AvgIpc) is 2.68. The fourth-order valence-electron chi connectivity index (χ4n) is 2.73. The summed E-state index contributed by atoms with van der Waals surface area (Å²) in [6, 6.07) is 18.7. The Morgan fingerprint density at radius 1 is 0.655 bits per heavy atom. The molecule has 0 bridgehead atoms. The lowest BCUT2D eigenvalue weighted by Gasteiger charge is -2.29. The molecular formula is C19H26N10. The highest BCUT2D eigenvalue weighted by atomic mass is 15.3. The highest BCUT2D eigenvalue weighted by molar-refractivity contribution is 6.04. The van der Waals surface area contributed by atoms with Crippen LogP contribution in [0.5, 0.6) is 0 Å². The normalized spacial score (nSPS) is 9.93. The van der Waals surface area contributed by atoms with Crippen molar-refractivity contribution in [3.63, 3.8) is 0 Å². The highest BCUT2D eigenvalue weighted by Gasteiger charge is 2.16. The summed E-state index contributed by atoms with van der Waals surface area (Å²) in [6.07, 6.45) is 0.577. The van der Waals surface area contributed by atoms with E-state index in [4.69, 9.17) is 33.1 Å². The van der Waals surface area contributed by atoms with E-state index in [1.165, 1.54) is 0 Å². The second kappa shape index (κ2) is 10.3. The van der Waals surface area contributed by atoms with Gasteiger partial charge in [0, 0.05) is 24.5 Å². The lowest BCUT2D eigenvalue weighted by atomic mass is 10.2. The summed E-state index contributed by atoms with van der Waals surface area (Å²) in [5.74, 6) is -0.637. The van der Waals surface area contributed by atoms with Crippen LogP contribution in [0.15, 0.2) is 60.7 Å². The van der Waals surface area contributed by atoms with Crippen LogP contribution >= 0.6 is 0 Å². The molecule has 0 atom stereocenters. The summed E-state index contributed by atoms with van der Waals surface area (Å²) >= 11 is 0. The molecule has 0 aliphatic carbocycles. The van der Waals surface area contributed by atoms with E-state index in [2.05, 4.69) is 10.6 Å². The molecule has 0 aromatic heterocycles. The fraction of sp³-hybridized carbons (Fsp3) is 0.158. The lowest BCUT2D eigenvalue weighted by Crippen LogP contribution is -2.48. The number of benzene rings is 2. The first-order valence-corrected chi connectivity index (χ1v) is 8.93. The van der Waals surface area contributed by atoms with Crippen molar-refractivity contribution in [2.45, 2.75) is 6.42 Å². The molecule has 0 heterocycles. The molecule has 0 aliphatic heterocycles. The van der Waals surface area contributed by atoms with E-state index < -0.39 is 0 Å². The van der Waals surface area contributed by atoms with Crippen molar-refractivity contribution in [3.8, 4) is 0 Å². The molecule has 10 heteroatoms. The highest BCUT2D eigenvalue weighted by Crippen LogP contribution is 2.16. The Bertz CT molecular complexity index is 778. The van der Waals surface area contributed by atoms with Crippen molar-refractivity contribution in [1.82, 2.24) is 10.6 Å². The van der Waals surface area contributed by atoms with Gasteiger partial charge in [-0.25, -0.2) is 0 Å². The van der Waals surface area contributed by atoms with Crippen LogP contribution in [0.2, 0.25) is 0 Å². The summed E-state index contributed by atoms with van der Waals surface area (Å²) < 4.78 is 0. The number of nitrogens with one attached hydrogen (secondary N) is 6. The van der Waals surface area contributed by atoms with Crippen molar-refractivity contribution in [2.75, 3.05) is 22.9 Å². The molecule has 152 valence electrons. The van der Waals surface area contributed by atoms with Gasteiger partial charge in [0.1, 0.15) is 0 Å². The summed E-state index contributed by atoms with van der Waals surface area (Å²) in [5.41, 5.74) is 12.3. The molecular weight excluding hydrogens is 368 g/mol. The van der Waals surface area contributed by atoms with Gasteiger partial charge >= 0.3 is 0 Å². The van der Waals surface area contributed by atoms with Crippen LogP contribution in [-0.2, 0) is 0 Å². The average molecular weight is 394 g/mol. The number of nitrogens with two attached hydrogens (primary N) is 2. The van der Waals surface area contributed by atoms with Crippen LogP contribution in [-0.4, -0.2) is 36.9 Å². The van der Waals surface area contributed by atoms with Gasteiger partial charge in [-0.2, -0.15) is 0 Å². The first kappa shape index (κ1) is 21.2. The maximum Gasteiger partial charge on any atom is 0.202 e. The number of rotatable bonds is 6. The number of nitrogens with zero attached hydrogens (tertiary/aromatic N) is 2. The number of guanidine groups is 4. The van der Waals surface area contributed by atoms with Gasteiger partial charge in [-0.3, -0.25) is 32.3 Å². The summed E-state index contributed by atoms with van der Waals surface area (Å²) in [5, 5.41) is 36.2. The van der Waals surface area contributed by atoms with Gasteiger partial charge in [-0.15, -0.1) is 0 Å². The third-order valence-corrected chi connectivity index (χ3v) is 3.95. The van der Waals surface area contributed by atoms with E-state index in [1.54, 1.807) is 9.80 Å². The summed E-state index contributed by atoms with van der Waals surface area (Å²) in [4.78, 5) is 3.40. The number of hydrogen-bond donors (Lipinski definition) is 8. The minimum atomic E-state index is -0.311. The number of anilines is 2. The molecule has 0 fully saturated rings. The molecule has 10 nitrogen and oxygen atoms in total. The molecule has 0 saturated heterocycles. The molecule has 2 rings (SSSR count). The number of para-hydroxylation sites is 2. The SMILES string of the molecule is N=C(N)NC(=N)N(CCCN(C(=N)NC(=N)N)c1ccccc1)c1ccccc1. The molecule has 0 unspecified atom stereocenters. The van der Waals surface area contributed by atoms with Crippen molar-refractivity contribution in [1.29, 1.82) is 21.6 Å². The zero-order valence-corrected chi connectivity index (χ0v) is 15.9. The van der Waals surface area contributed by atoms with Gasteiger partial charge in [0.25, 0.3) is 0 Å². The largest absolute Gasteiger partial charge is 0.370 e. The standard InChI is InChI=1S/C19H26N10/c20-16(21)26-18(24)28(14-8-3-1-4-9-14)12-7-13-29(19(25)27-17(22)23)15-10-5-2-6-11-15/h1-6,8-11H,7,12-13H2,(H5,20,21,24,26)(H5,22,23,25,27). The molecule has 0 spiro atoms. The van der Waals surface area contributed by atoms with Crippen LogP contribution in [0.4, 0.5) is 11.4 Å². The molecule has 10 N–H and O–H groups in total. The Hall–Kier alpha value is -4.08. The molecule has 0 amide bonds. The molecule has 2 aromatic rings. The van der Waals surface area contributed by atoms with Crippen LogP contribution in [0.3, 0.4) is 0 Å². The molecule has 29 heavy (non-hydrogen) atoms. The third-order valence-electron chi connectivity index (χ3n) is 3.95. The predicted octanol–water partition coefficient (Wildman–Crippen LogP) is 1.23. The second-order valence-corrected chi connectivity index (χ2v) is 6.10. The van der Waals surface area contributed by atoms with E-state index in [1.807, 2.05) is 60.7 Å². The molecule has 0 saturated carbocycles. The topological polar surface area (TPSA) is 178 Å². The van der Waals surface area contributed by atoms with Gasteiger partial charge in [0.15, 0.2) is 11.9 Å². The first-order chi connectivity index (χ1) is 13.9. The summed E-state index contributed by atoms with van der Waals surface area (Å²) in [6.45, 7) is 0.889. The maximum atomic E-state index is 8.22. The van der Waals surface area contributed by atoms with Crippen LogP contribution in [0, 0.1) is 21.6 Å². The van der Waals surface area contributed by atoms with E-state index >= 15 is 0 Å². The van der Waals surface area contributed by atoms with Crippen LogP contribution < -0.4 is 31.9 Å². The molecule has 2 aromatic carbocycles. The van der Waals surface area contributed by atoms with Crippen LogP contribution in [0.25, 0.3) is 0 Å². The van der Waals surface area contributed by atoms with Crippen molar-refractivity contribution in [3.05, 3.63) is 60.7 Å². The zero-order chi connectivity index (χ0) is 21.2. The van der Waals surface area contributed by atoms with Crippen molar-refractivity contribution >= 4 is 35.2 Å². The Balaban J connectivity index is 2.13. The zero-order valence-electron chi connectivity index (χ0n) is 15.9. The van der Waals surface area contributed by atoms with E-state index in [9.17, 15) is 0 Å². The van der Waals surface area contributed by atoms with E-state index in [0.29, 0.717) is 19.5 Å².